The number of fused-ring (bicyclic) bond motifs is 1. The van der Waals surface area contributed by atoms with E-state index < -0.39 is 0 Å². The molecular weight excluding hydrogens is 452 g/mol. The van der Waals surface area contributed by atoms with Gasteiger partial charge in [0, 0.05) is 25.4 Å². The molecule has 3 rings (SSSR count). The highest BCUT2D eigenvalue weighted by Gasteiger charge is 2.45. The first-order valence-electron chi connectivity index (χ1n) is 14.1. The molecule has 1 unspecified atom stereocenters. The molecule has 1 saturated heterocycles. The fourth-order valence-electron chi connectivity index (χ4n) is 5.75. The van der Waals surface area contributed by atoms with Crippen molar-refractivity contribution in [2.24, 2.45) is 23.7 Å². The Hall–Kier alpha value is -1.98. The van der Waals surface area contributed by atoms with Crippen LogP contribution >= 0.6 is 0 Å². The molecule has 6 atom stereocenters. The van der Waals surface area contributed by atoms with Crippen LogP contribution in [0.4, 0.5) is 0 Å². The topological polar surface area (TPSA) is 61.8 Å². The number of ketones is 1. The maximum atomic E-state index is 12.7. The molecular formula is C31H46O5. The lowest BCUT2D eigenvalue weighted by Gasteiger charge is -2.29. The third-order valence-electron chi connectivity index (χ3n) is 7.61. The molecule has 0 radical (unpaired) electrons. The second-order valence-corrected chi connectivity index (χ2v) is 10.6. The van der Waals surface area contributed by atoms with E-state index in [0.717, 1.165) is 51.6 Å². The van der Waals surface area contributed by atoms with Gasteiger partial charge in [0.05, 0.1) is 12.7 Å². The lowest BCUT2D eigenvalue weighted by molar-refractivity contribution is -0.192. The predicted octanol–water partition coefficient (Wildman–Crippen LogP) is 6.89. The molecule has 0 spiro atoms. The van der Waals surface area contributed by atoms with E-state index in [-0.39, 0.29) is 30.1 Å². The Morgan fingerprint density at radius 3 is 2.83 bits per heavy atom. The van der Waals surface area contributed by atoms with Crippen molar-refractivity contribution in [1.82, 2.24) is 0 Å². The highest BCUT2D eigenvalue weighted by atomic mass is 16.7. The maximum Gasteiger partial charge on any atom is 0.306 e. The zero-order chi connectivity index (χ0) is 25.8. The molecule has 0 aromatic rings. The average Bonchev–Trinajstić information content (AvgIpc) is 3.38. The van der Waals surface area contributed by atoms with Crippen molar-refractivity contribution in [3.63, 3.8) is 0 Å². The largest absolute Gasteiger partial charge is 0.466 e. The molecule has 200 valence electrons. The van der Waals surface area contributed by atoms with Gasteiger partial charge < -0.3 is 14.2 Å². The number of rotatable bonds is 14. The van der Waals surface area contributed by atoms with Crippen LogP contribution in [-0.4, -0.2) is 37.4 Å². The van der Waals surface area contributed by atoms with E-state index >= 15 is 0 Å². The van der Waals surface area contributed by atoms with Crippen molar-refractivity contribution >= 4 is 11.8 Å². The summed E-state index contributed by atoms with van der Waals surface area (Å²) in [4.78, 5) is 24.3. The van der Waals surface area contributed by atoms with E-state index in [1.54, 1.807) is 0 Å². The van der Waals surface area contributed by atoms with Gasteiger partial charge in [-0.25, -0.2) is 0 Å². The Bertz CT molecular complexity index is 817. The number of ether oxygens (including phenoxy) is 3. The maximum absolute atomic E-state index is 12.7. The van der Waals surface area contributed by atoms with Gasteiger partial charge in [-0.1, -0.05) is 49.0 Å². The Labute approximate surface area is 218 Å². The van der Waals surface area contributed by atoms with Crippen LogP contribution < -0.4 is 0 Å². The molecule has 0 N–H and O–H groups in total. The number of carbonyl (C=O) groups is 2. The summed E-state index contributed by atoms with van der Waals surface area (Å²) in [7, 11) is 0. The van der Waals surface area contributed by atoms with E-state index in [2.05, 4.69) is 43.4 Å². The molecule has 36 heavy (non-hydrogen) atoms. The van der Waals surface area contributed by atoms with Crippen molar-refractivity contribution < 1.29 is 23.8 Å². The van der Waals surface area contributed by atoms with Crippen LogP contribution in [0.25, 0.3) is 0 Å². The van der Waals surface area contributed by atoms with Crippen molar-refractivity contribution in [3.05, 3.63) is 48.1 Å². The normalized spacial score (nSPS) is 29.2. The third kappa shape index (κ3) is 9.15. The van der Waals surface area contributed by atoms with Crippen LogP contribution in [0.2, 0.25) is 0 Å². The van der Waals surface area contributed by atoms with Gasteiger partial charge in [0.25, 0.3) is 0 Å². The molecule has 2 aliphatic carbocycles. The molecule has 0 bridgehead atoms. The highest BCUT2D eigenvalue weighted by Crippen LogP contribution is 2.49. The first-order chi connectivity index (χ1) is 17.5. The van der Waals surface area contributed by atoms with Crippen LogP contribution in [0, 0.1) is 23.7 Å². The number of carbonyl (C=O) groups excluding carboxylic acids is 2. The van der Waals surface area contributed by atoms with Crippen LogP contribution in [-0.2, 0) is 23.8 Å². The zero-order valence-electron chi connectivity index (χ0n) is 22.5. The minimum absolute atomic E-state index is 0.0878. The smallest absolute Gasteiger partial charge is 0.306 e. The minimum Gasteiger partial charge on any atom is -0.466 e. The van der Waals surface area contributed by atoms with Crippen molar-refractivity contribution in [2.75, 3.05) is 13.2 Å². The third-order valence-corrected chi connectivity index (χ3v) is 7.61. The van der Waals surface area contributed by atoms with E-state index in [0.29, 0.717) is 43.6 Å². The highest BCUT2D eigenvalue weighted by molar-refractivity contribution is 5.89. The zero-order valence-corrected chi connectivity index (χ0v) is 22.5. The van der Waals surface area contributed by atoms with Crippen LogP contribution in [0.3, 0.4) is 0 Å². The second kappa shape index (κ2) is 15.3. The molecule has 1 saturated carbocycles. The molecule has 2 fully saturated rings. The van der Waals surface area contributed by atoms with Gasteiger partial charge in [-0.15, -0.1) is 0 Å². The first-order valence-corrected chi connectivity index (χ1v) is 14.1. The summed E-state index contributed by atoms with van der Waals surface area (Å²) in [5.41, 5.74) is 1.32. The SMILES string of the molecule is C/C=C/CC[C@@H](C)CC(=O)/C=C\[C@H]1[C@H]2CC(C=CCCC(=O)OCC)=C[C@H]2C[C@H]1OC1CCCCO1. The van der Waals surface area contributed by atoms with Gasteiger partial charge in [0.2, 0.25) is 0 Å². The predicted molar refractivity (Wildman–Crippen MR) is 143 cm³/mol. The van der Waals surface area contributed by atoms with Gasteiger partial charge >= 0.3 is 5.97 Å². The fourth-order valence-corrected chi connectivity index (χ4v) is 5.75. The van der Waals surface area contributed by atoms with E-state index in [9.17, 15) is 9.59 Å². The Morgan fingerprint density at radius 2 is 2.08 bits per heavy atom. The van der Waals surface area contributed by atoms with Crippen molar-refractivity contribution in [1.29, 1.82) is 0 Å². The van der Waals surface area contributed by atoms with Crippen LogP contribution in [0.5, 0.6) is 0 Å². The Kier molecular flexibility index (Phi) is 12.2. The average molecular weight is 499 g/mol. The Morgan fingerprint density at radius 1 is 1.22 bits per heavy atom. The van der Waals surface area contributed by atoms with Gasteiger partial charge in [0.1, 0.15) is 0 Å². The quantitative estimate of drug-likeness (QED) is 0.148. The lowest BCUT2D eigenvalue weighted by Crippen LogP contribution is -2.30. The molecule has 5 nitrogen and oxygen atoms in total. The molecule has 0 amide bonds. The lowest BCUT2D eigenvalue weighted by atomic mass is 9.88. The molecule has 5 heteroatoms. The van der Waals surface area contributed by atoms with Crippen LogP contribution in [0.1, 0.15) is 85.0 Å². The van der Waals surface area contributed by atoms with Gasteiger partial charge in [0.15, 0.2) is 12.1 Å². The summed E-state index contributed by atoms with van der Waals surface area (Å²) in [6.45, 7) is 7.23. The molecule has 1 aliphatic heterocycles. The van der Waals surface area contributed by atoms with Crippen molar-refractivity contribution in [2.45, 2.75) is 97.4 Å². The summed E-state index contributed by atoms with van der Waals surface area (Å²) in [5.74, 6) is 1.56. The summed E-state index contributed by atoms with van der Waals surface area (Å²) in [5, 5.41) is 0. The summed E-state index contributed by atoms with van der Waals surface area (Å²) < 4.78 is 17.4. The van der Waals surface area contributed by atoms with Gasteiger partial charge in [-0.05, 0) is 89.0 Å². The number of hydrogen-bond donors (Lipinski definition) is 0. The van der Waals surface area contributed by atoms with Crippen molar-refractivity contribution in [3.8, 4) is 0 Å². The second-order valence-electron chi connectivity index (χ2n) is 10.6. The monoisotopic (exact) mass is 498 g/mol. The van der Waals surface area contributed by atoms with Crippen LogP contribution in [0.15, 0.2) is 48.1 Å². The summed E-state index contributed by atoms with van der Waals surface area (Å²) in [6, 6.07) is 0. The van der Waals surface area contributed by atoms with E-state index in [1.807, 2.05) is 19.9 Å². The van der Waals surface area contributed by atoms with E-state index in [1.165, 1.54) is 5.57 Å². The first kappa shape index (κ1) is 28.6. The Balaban J connectivity index is 1.59. The minimum atomic E-state index is -0.143. The van der Waals surface area contributed by atoms with Gasteiger partial charge in [-0.2, -0.15) is 0 Å². The summed E-state index contributed by atoms with van der Waals surface area (Å²) in [6.07, 6.45) is 23.7. The number of hydrogen-bond acceptors (Lipinski definition) is 5. The van der Waals surface area contributed by atoms with E-state index in [4.69, 9.17) is 14.2 Å². The molecule has 3 aliphatic rings. The number of allylic oxidation sites excluding steroid dienone is 7. The molecule has 0 aromatic carbocycles. The number of esters is 1. The fraction of sp³-hybridized carbons (Fsp3) is 0.677. The summed E-state index contributed by atoms with van der Waals surface area (Å²) >= 11 is 0. The standard InChI is InChI=1S/C31H46O5/c1-4-6-7-12-23(3)19-26(32)16-17-27-28-21-24(13-8-9-14-30(33)34-5-2)20-25(28)22-29(27)36-31-15-10-11-18-35-31/h4,6,8,13,16-17,20,23,25,27-29,31H,5,7,9-12,14-15,18-19,21-22H2,1-3H3/b6-4+,13-8?,17-16-/t23-,25+,27+,28+,29-,31?/m1/s1. The van der Waals surface area contributed by atoms with Gasteiger partial charge in [-0.3, -0.25) is 9.59 Å². The molecule has 1 heterocycles. The molecule has 0 aromatic heterocycles.